The van der Waals surface area contributed by atoms with E-state index in [2.05, 4.69) is 232 Å². The van der Waals surface area contributed by atoms with Crippen molar-refractivity contribution in [2.45, 2.75) is 253 Å². The van der Waals surface area contributed by atoms with Crippen molar-refractivity contribution in [3.63, 3.8) is 0 Å². The van der Waals surface area contributed by atoms with Crippen LogP contribution in [0.25, 0.3) is 41.5 Å². The SMILES string of the molecule is C/C=C/c1cc(OC)c(/C=C/c2ccc(C)cc2-c2ccc(OCCC(C)CCCC(C)C)cc2)cc1OCCC(C)CCCC(C)C.C/C=C/c1cc(OCC(CC)CCCC)c(C)cc1OC.C/C=C/c1cc(OCC(CC)CCCC)c(C)cc1OCC(CC)CCCC. The Kier molecular flexibility index (Phi) is 43.8. The van der Waals surface area contributed by atoms with Crippen LogP contribution in [0.15, 0.2) is 97.1 Å². The number of hydrogen-bond acceptors (Lipinski definition) is 7. The normalized spacial score (nSPS) is 13.2. The molecule has 5 aromatic rings. The Morgan fingerprint density at radius 3 is 1.16 bits per heavy atom. The lowest BCUT2D eigenvalue weighted by molar-refractivity contribution is 0.226. The van der Waals surface area contributed by atoms with Crippen molar-refractivity contribution in [1.82, 2.24) is 0 Å². The second-order valence-electron chi connectivity index (χ2n) is 28.4. The van der Waals surface area contributed by atoms with E-state index in [-0.39, 0.29) is 0 Å². The molecule has 0 aromatic heterocycles. The summed E-state index contributed by atoms with van der Waals surface area (Å²) in [6.07, 6.45) is 41.6. The lowest BCUT2D eigenvalue weighted by Gasteiger charge is -2.20. The van der Waals surface area contributed by atoms with Gasteiger partial charge >= 0.3 is 0 Å². The second-order valence-corrected chi connectivity index (χ2v) is 28.4. The molecule has 0 fully saturated rings. The van der Waals surface area contributed by atoms with Gasteiger partial charge in [-0.05, 0) is 191 Å². The first-order chi connectivity index (χ1) is 46.8. The van der Waals surface area contributed by atoms with Crippen molar-refractivity contribution in [3.05, 3.63) is 142 Å². The molecule has 0 bridgehead atoms. The van der Waals surface area contributed by atoms with Crippen molar-refractivity contribution < 1.29 is 33.2 Å². The van der Waals surface area contributed by atoms with E-state index in [4.69, 9.17) is 33.2 Å². The van der Waals surface area contributed by atoms with E-state index in [0.717, 1.165) is 130 Å². The maximum absolute atomic E-state index is 6.41. The third kappa shape index (κ3) is 33.4. The van der Waals surface area contributed by atoms with E-state index in [1.807, 2.05) is 19.9 Å². The first-order valence-corrected chi connectivity index (χ1v) is 38.3. The number of allylic oxidation sites excluding steroid dienone is 3. The molecule has 0 aliphatic heterocycles. The standard InChI is InChI=1S/C45H64O3.C26H44O2.C19H30O2/c1-10-13-40-31-44(46-9)41(32-45(40)48-29-27-36(7)17-12-15-34(4)5)21-20-38-19-18-37(8)30-43(38)39-22-24-42(25-23-39)47-28-26-35(6)16-11-14-33(2)3;1-7-12-15-22(10-4)19-27-25-18-24(14-9-3)26(17-21(25)6)28-20-23(11-5)16-13-8-2;1-6-9-11-16(8-3)14-21-18-13-17(10-7-2)19(20-5)12-15(18)4/h10,13,18-25,30-36H,11-12,14-17,26-29H2,1-9H3;9,14,17-18,22-23H,7-8,10-13,15-16,19-20H2,1-6H3;7,10,12-13,16H,6,8-9,11,14H2,1-5H3/b13-10+,21-20+;14-9+;10-7+. The zero-order chi connectivity index (χ0) is 71.3. The number of rotatable bonds is 45. The van der Waals surface area contributed by atoms with Gasteiger partial charge in [-0.2, -0.15) is 0 Å². The fourth-order valence-corrected chi connectivity index (χ4v) is 12.0. The highest BCUT2D eigenvalue weighted by Gasteiger charge is 2.17. The molecule has 0 amide bonds. The van der Waals surface area contributed by atoms with Gasteiger partial charge in [0, 0.05) is 22.3 Å². The number of hydrogen-bond donors (Lipinski definition) is 0. The summed E-state index contributed by atoms with van der Waals surface area (Å²) in [5.41, 5.74) is 11.3. The zero-order valence-electron chi connectivity index (χ0n) is 65.2. The third-order valence-corrected chi connectivity index (χ3v) is 18.8. The monoisotopic (exact) mass is 1330 g/mol. The van der Waals surface area contributed by atoms with Crippen LogP contribution < -0.4 is 33.2 Å². The summed E-state index contributed by atoms with van der Waals surface area (Å²) in [7, 11) is 3.44. The molecule has 5 aromatic carbocycles. The number of ether oxygens (including phenoxy) is 7. The predicted molar refractivity (Wildman–Crippen MR) is 424 cm³/mol. The Hall–Kier alpha value is -6.34. The summed E-state index contributed by atoms with van der Waals surface area (Å²) >= 11 is 0. The Morgan fingerprint density at radius 1 is 0.351 bits per heavy atom. The number of benzene rings is 5. The Morgan fingerprint density at radius 2 is 0.732 bits per heavy atom. The predicted octanol–water partition coefficient (Wildman–Crippen LogP) is 27.2. The summed E-state index contributed by atoms with van der Waals surface area (Å²) in [4.78, 5) is 0. The fraction of sp³-hybridized carbons (Fsp3) is 0.578. The molecule has 7 heteroatoms. The van der Waals surface area contributed by atoms with Crippen LogP contribution in [0.1, 0.15) is 277 Å². The molecule has 0 N–H and O–H groups in total. The van der Waals surface area contributed by atoms with Crippen LogP contribution in [0.2, 0.25) is 0 Å². The summed E-state index contributed by atoms with van der Waals surface area (Å²) in [5.74, 6) is 11.3. The van der Waals surface area contributed by atoms with E-state index in [9.17, 15) is 0 Å². The minimum Gasteiger partial charge on any atom is -0.496 e. The van der Waals surface area contributed by atoms with Crippen molar-refractivity contribution in [1.29, 1.82) is 0 Å². The maximum Gasteiger partial charge on any atom is 0.127 e. The van der Waals surface area contributed by atoms with Crippen LogP contribution in [0.3, 0.4) is 0 Å². The van der Waals surface area contributed by atoms with Crippen LogP contribution in [0.4, 0.5) is 0 Å². The average Bonchev–Trinajstić information content (AvgIpc) is 0.897. The lowest BCUT2D eigenvalue weighted by atomic mass is 9.96. The van der Waals surface area contributed by atoms with Gasteiger partial charge in [0.25, 0.3) is 0 Å². The molecule has 540 valence electrons. The molecule has 97 heavy (non-hydrogen) atoms. The van der Waals surface area contributed by atoms with E-state index in [1.54, 1.807) is 14.2 Å². The van der Waals surface area contributed by atoms with Crippen LogP contribution >= 0.6 is 0 Å². The third-order valence-electron chi connectivity index (χ3n) is 18.8. The fourth-order valence-electron chi connectivity index (χ4n) is 12.0. The van der Waals surface area contributed by atoms with Gasteiger partial charge < -0.3 is 33.2 Å². The highest BCUT2D eigenvalue weighted by Crippen LogP contribution is 2.36. The van der Waals surface area contributed by atoms with Crippen molar-refractivity contribution >= 4 is 30.4 Å². The molecule has 0 saturated heterocycles. The van der Waals surface area contributed by atoms with Gasteiger partial charge in [0.05, 0.1) is 47.3 Å². The topological polar surface area (TPSA) is 64.6 Å². The smallest absolute Gasteiger partial charge is 0.127 e. The number of methoxy groups -OCH3 is 2. The Labute approximate surface area is 595 Å². The minimum absolute atomic E-state index is 0.638. The van der Waals surface area contributed by atoms with Crippen molar-refractivity contribution in [2.24, 2.45) is 41.4 Å². The highest BCUT2D eigenvalue weighted by molar-refractivity contribution is 5.83. The van der Waals surface area contributed by atoms with E-state index < -0.39 is 0 Å². The Balaban J connectivity index is 0.000000421. The lowest BCUT2D eigenvalue weighted by Crippen LogP contribution is -2.13. The largest absolute Gasteiger partial charge is 0.496 e. The molecule has 0 aliphatic carbocycles. The second kappa shape index (κ2) is 50.1. The molecule has 5 unspecified atom stereocenters. The minimum atomic E-state index is 0.638. The summed E-state index contributed by atoms with van der Waals surface area (Å²) in [6.45, 7) is 43.8. The van der Waals surface area contributed by atoms with Gasteiger partial charge in [0.2, 0.25) is 0 Å². The van der Waals surface area contributed by atoms with Gasteiger partial charge in [-0.3, -0.25) is 0 Å². The van der Waals surface area contributed by atoms with E-state index >= 15 is 0 Å². The highest BCUT2D eigenvalue weighted by atomic mass is 16.5. The molecular formula is C90H138O7. The summed E-state index contributed by atoms with van der Waals surface area (Å²) in [5, 5.41) is 0. The first kappa shape index (κ1) is 84.9. The summed E-state index contributed by atoms with van der Waals surface area (Å²) < 4.78 is 42.4. The van der Waals surface area contributed by atoms with Crippen LogP contribution in [-0.4, -0.2) is 47.3 Å². The molecule has 0 saturated carbocycles. The first-order valence-electron chi connectivity index (χ1n) is 38.3. The maximum atomic E-state index is 6.41. The van der Waals surface area contributed by atoms with Gasteiger partial charge in [-0.1, -0.05) is 264 Å². The number of unbranched alkanes of at least 4 members (excludes halogenated alkanes) is 3. The molecule has 0 radical (unpaired) electrons. The molecule has 7 nitrogen and oxygen atoms in total. The van der Waals surface area contributed by atoms with Gasteiger partial charge in [-0.15, -0.1) is 0 Å². The van der Waals surface area contributed by atoms with E-state index in [0.29, 0.717) is 36.2 Å². The van der Waals surface area contributed by atoms with Gasteiger partial charge in [-0.25, -0.2) is 0 Å². The molecule has 0 aliphatic rings. The van der Waals surface area contributed by atoms with Crippen LogP contribution in [0, 0.1) is 62.2 Å². The Bertz CT molecular complexity index is 3010. The quantitative estimate of drug-likeness (QED) is 0.0360. The van der Waals surface area contributed by atoms with Gasteiger partial charge in [0.1, 0.15) is 40.2 Å². The van der Waals surface area contributed by atoms with Gasteiger partial charge in [0.15, 0.2) is 0 Å². The van der Waals surface area contributed by atoms with Crippen LogP contribution in [-0.2, 0) is 0 Å². The molecule has 0 heterocycles. The summed E-state index contributed by atoms with van der Waals surface area (Å²) in [6, 6.07) is 27.9. The molecular weight excluding hydrogens is 1190 g/mol. The zero-order valence-corrected chi connectivity index (χ0v) is 65.2. The molecule has 0 spiro atoms. The molecule has 5 atom stereocenters. The van der Waals surface area contributed by atoms with E-state index in [1.165, 1.54) is 132 Å². The van der Waals surface area contributed by atoms with Crippen LogP contribution in [0.5, 0.6) is 40.2 Å². The van der Waals surface area contributed by atoms with Crippen molar-refractivity contribution in [2.75, 3.05) is 47.3 Å². The number of aryl methyl sites for hydroxylation is 3. The van der Waals surface area contributed by atoms with Crippen molar-refractivity contribution in [3.8, 4) is 51.4 Å². The molecule has 5 rings (SSSR count). The average molecular weight is 1330 g/mol.